The van der Waals surface area contributed by atoms with E-state index in [1.165, 1.54) is 12.2 Å². The molecule has 0 heterocycles. The van der Waals surface area contributed by atoms with E-state index in [1.807, 2.05) is 6.08 Å². The number of ketones is 1. The maximum Gasteiger partial charge on any atom is 0.290 e. The van der Waals surface area contributed by atoms with Crippen molar-refractivity contribution in [1.29, 1.82) is 0 Å². The van der Waals surface area contributed by atoms with Crippen molar-refractivity contribution in [2.45, 2.75) is 58.2 Å². The summed E-state index contributed by atoms with van der Waals surface area (Å²) in [4.78, 5) is 32.0. The van der Waals surface area contributed by atoms with Gasteiger partial charge in [0.15, 0.2) is 10.9 Å². The Morgan fingerprint density at radius 1 is 1.37 bits per heavy atom. The molecular weight excluding hydrogens is 414 g/mol. The predicted molar refractivity (Wildman–Crippen MR) is 114 cm³/mol. The first-order valence-corrected chi connectivity index (χ1v) is 10.5. The molecule has 0 aromatic carbocycles. The van der Waals surface area contributed by atoms with Gasteiger partial charge in [0.05, 0.1) is 13.3 Å². The molecule has 3 aliphatic carbocycles. The van der Waals surface area contributed by atoms with Crippen LogP contribution in [0.2, 0.25) is 0 Å². The van der Waals surface area contributed by atoms with Gasteiger partial charge < -0.3 is 10.2 Å². The monoisotopic (exact) mass is 446 g/mol. The highest BCUT2D eigenvalue weighted by Crippen LogP contribution is 2.57. The first-order valence-electron chi connectivity index (χ1n) is 10.1. The number of thiol groups is 1. The van der Waals surface area contributed by atoms with Gasteiger partial charge in [0.25, 0.3) is 6.47 Å². The molecule has 8 heteroatoms. The van der Waals surface area contributed by atoms with Crippen molar-refractivity contribution in [3.05, 3.63) is 23.8 Å². The number of carbonyl (C=O) groups excluding carboxylic acids is 2. The molecule has 3 aliphatic rings. The lowest BCUT2D eigenvalue weighted by Gasteiger charge is -2.44. The third kappa shape index (κ3) is 6.00. The van der Waals surface area contributed by atoms with Gasteiger partial charge in [0.1, 0.15) is 6.17 Å². The smallest absolute Gasteiger partial charge is 0.290 e. The third-order valence-electron chi connectivity index (χ3n) is 6.67. The average Bonchev–Trinajstić information content (AvgIpc) is 3.00. The summed E-state index contributed by atoms with van der Waals surface area (Å²) in [6, 6.07) is 0. The Morgan fingerprint density at radius 2 is 1.97 bits per heavy atom. The second kappa shape index (κ2) is 11.7. The number of aliphatic hydroxyl groups excluding tert-OH is 1. The van der Waals surface area contributed by atoms with E-state index in [0.717, 1.165) is 19.3 Å². The lowest BCUT2D eigenvalue weighted by molar-refractivity contribution is -0.123. The molecule has 0 aromatic heterocycles. The van der Waals surface area contributed by atoms with Crippen LogP contribution in [0.4, 0.5) is 8.78 Å². The highest BCUT2D eigenvalue weighted by molar-refractivity contribution is 7.96. The Kier molecular flexibility index (Phi) is 10.4. The van der Waals surface area contributed by atoms with Crippen LogP contribution in [0.5, 0.6) is 0 Å². The number of rotatable bonds is 4. The molecule has 0 aromatic rings. The van der Waals surface area contributed by atoms with Crippen molar-refractivity contribution in [1.82, 2.24) is 0 Å². The Labute approximate surface area is 182 Å². The summed E-state index contributed by atoms with van der Waals surface area (Å²) in [5, 5.41) is 16.8. The van der Waals surface area contributed by atoms with E-state index in [0.29, 0.717) is 25.6 Å². The molecule has 5 nitrogen and oxygen atoms in total. The van der Waals surface area contributed by atoms with Gasteiger partial charge in [0, 0.05) is 11.8 Å². The second-order valence-corrected chi connectivity index (χ2v) is 8.89. The van der Waals surface area contributed by atoms with Gasteiger partial charge in [-0.2, -0.15) is 0 Å². The summed E-state index contributed by atoms with van der Waals surface area (Å²) in [5.41, 5.74) is 0.257. The lowest BCUT2D eigenvalue weighted by atomic mass is 9.61. The quantitative estimate of drug-likeness (QED) is 0.449. The summed E-state index contributed by atoms with van der Waals surface area (Å²) in [6.45, 7) is 3.56. The number of fused-ring (bicyclic) bond motifs is 1. The number of hydrogen-bond acceptors (Lipinski definition) is 4. The van der Waals surface area contributed by atoms with Crippen molar-refractivity contribution < 1.29 is 33.4 Å². The first kappa shape index (κ1) is 26.5. The maximum absolute atomic E-state index is 14.8. The van der Waals surface area contributed by atoms with Gasteiger partial charge in [-0.3, -0.25) is 18.8 Å². The van der Waals surface area contributed by atoms with Gasteiger partial charge in [-0.15, -0.1) is 12.6 Å². The number of halogens is 2. The van der Waals surface area contributed by atoms with E-state index in [9.17, 15) is 23.5 Å². The van der Waals surface area contributed by atoms with E-state index in [4.69, 9.17) is 9.90 Å². The Hall–Kier alpha value is -1.54. The van der Waals surface area contributed by atoms with Crippen LogP contribution in [0.1, 0.15) is 46.0 Å². The summed E-state index contributed by atoms with van der Waals surface area (Å²) < 4.78 is 24.3. The molecule has 6 unspecified atom stereocenters. The molecule has 2 fully saturated rings. The van der Waals surface area contributed by atoms with Crippen LogP contribution in [0, 0.1) is 29.1 Å². The van der Waals surface area contributed by atoms with Crippen LogP contribution in [-0.2, 0) is 14.4 Å². The minimum absolute atomic E-state index is 0.0204. The number of alkyl halides is 2. The van der Waals surface area contributed by atoms with Crippen LogP contribution >= 0.6 is 12.6 Å². The highest BCUT2D eigenvalue weighted by atomic mass is 32.1. The van der Waals surface area contributed by atoms with Crippen LogP contribution in [0.15, 0.2) is 23.8 Å². The average molecular weight is 447 g/mol. The van der Waals surface area contributed by atoms with Crippen molar-refractivity contribution in [2.24, 2.45) is 29.1 Å². The largest absolute Gasteiger partial charge is 0.483 e. The fourth-order valence-electron chi connectivity index (χ4n) is 5.71. The summed E-state index contributed by atoms with van der Waals surface area (Å²) in [5.74, 6) is 0.000250. The van der Waals surface area contributed by atoms with Crippen LogP contribution < -0.4 is 0 Å². The van der Waals surface area contributed by atoms with Crippen LogP contribution in [0.3, 0.4) is 0 Å². The van der Waals surface area contributed by atoms with Crippen LogP contribution in [0.25, 0.3) is 0 Å². The number of hydrogen-bond donors (Lipinski definition) is 3. The van der Waals surface area contributed by atoms with Gasteiger partial charge >= 0.3 is 0 Å². The number of allylic oxidation sites excluding steroid dienone is 4. The number of carbonyl (C=O) groups is 3. The predicted octanol–water partition coefficient (Wildman–Crippen LogP) is 3.96. The lowest BCUT2D eigenvalue weighted by Crippen LogP contribution is -2.41. The molecule has 0 saturated heterocycles. The van der Waals surface area contributed by atoms with Gasteiger partial charge in [0.2, 0.25) is 0 Å². The molecule has 2 saturated carbocycles. The van der Waals surface area contributed by atoms with E-state index < -0.39 is 12.3 Å². The number of carboxylic acid groups (broad SMARTS) is 1. The third-order valence-corrected chi connectivity index (χ3v) is 6.98. The van der Waals surface area contributed by atoms with E-state index in [-0.39, 0.29) is 46.5 Å². The summed E-state index contributed by atoms with van der Waals surface area (Å²) >= 11 is 4.08. The zero-order chi connectivity index (χ0) is 23.1. The SMILES string of the molecule is CC(O)CC1(C)C(C(=O)S)CCC1C1CC2C=CC(=O)C=C2[C@@H](F)C1.CF.O=CO. The Balaban J connectivity index is 0.000000826. The summed E-state index contributed by atoms with van der Waals surface area (Å²) in [7, 11) is 0.500. The fraction of sp³-hybridized carbons (Fsp3) is 0.682. The van der Waals surface area contributed by atoms with Gasteiger partial charge in [-0.05, 0) is 74.0 Å². The normalized spacial score (nSPS) is 35.6. The zero-order valence-electron chi connectivity index (χ0n) is 17.6. The Morgan fingerprint density at radius 3 is 2.50 bits per heavy atom. The molecule has 0 radical (unpaired) electrons. The molecule has 0 amide bonds. The standard InChI is InChI=1S/C20H27FO3S.CH3F.CH2O2/c1-11(22)10-20(2)16(5-6-17(20)19(24)25)13-7-12-3-4-14(23)9-15(12)18(21)8-13;1-2;2-1-3/h3-4,9,11-13,16-18,22H,5-8,10H2,1-2H3,(H,24,25);1H3;1H,(H,2,3)/t11?,12?,13?,16?,17?,18-,20?;;/m0../s1. The molecule has 0 spiro atoms. The van der Waals surface area contributed by atoms with Gasteiger partial charge in [-0.25, -0.2) is 4.39 Å². The minimum atomic E-state index is -1.10. The molecule has 0 aliphatic heterocycles. The maximum atomic E-state index is 14.8. The molecule has 7 atom stereocenters. The molecule has 2 N–H and O–H groups in total. The van der Waals surface area contributed by atoms with Crippen molar-refractivity contribution in [3.8, 4) is 0 Å². The highest BCUT2D eigenvalue weighted by Gasteiger charge is 2.53. The molecular formula is C22H32F2O5S. The number of aliphatic hydroxyl groups is 1. The molecule has 0 bridgehead atoms. The topological polar surface area (TPSA) is 91.7 Å². The first-order chi connectivity index (χ1) is 14.1. The zero-order valence-corrected chi connectivity index (χ0v) is 18.5. The fourth-order valence-corrected chi connectivity index (χ4v) is 6.13. The van der Waals surface area contributed by atoms with Crippen molar-refractivity contribution in [2.75, 3.05) is 7.18 Å². The van der Waals surface area contributed by atoms with E-state index in [1.54, 1.807) is 6.92 Å². The van der Waals surface area contributed by atoms with Crippen molar-refractivity contribution in [3.63, 3.8) is 0 Å². The minimum Gasteiger partial charge on any atom is -0.483 e. The second-order valence-electron chi connectivity index (χ2n) is 8.45. The molecule has 170 valence electrons. The van der Waals surface area contributed by atoms with E-state index >= 15 is 0 Å². The van der Waals surface area contributed by atoms with E-state index in [2.05, 4.69) is 19.6 Å². The van der Waals surface area contributed by atoms with Crippen LogP contribution in [-0.4, -0.2) is 47.0 Å². The van der Waals surface area contributed by atoms with Crippen molar-refractivity contribution >= 4 is 30.0 Å². The van der Waals surface area contributed by atoms with Gasteiger partial charge in [-0.1, -0.05) is 13.0 Å². The molecule has 3 rings (SSSR count). The molecule has 30 heavy (non-hydrogen) atoms. The summed E-state index contributed by atoms with van der Waals surface area (Å²) in [6.07, 6.45) is 6.58. The Bertz CT molecular complexity index is 678.